The summed E-state index contributed by atoms with van der Waals surface area (Å²) in [5, 5.41) is 76.0. The molecule has 380 valence electrons. The van der Waals surface area contributed by atoms with Crippen LogP contribution in [0.25, 0.3) is 0 Å². The van der Waals surface area contributed by atoms with E-state index in [1.807, 2.05) is 0 Å². The number of allylic oxidation sites excluding steroid dienone is 2. The lowest BCUT2D eigenvalue weighted by molar-refractivity contribution is -0.303. The van der Waals surface area contributed by atoms with Crippen LogP contribution in [-0.4, -0.2) is 110 Å². The van der Waals surface area contributed by atoms with Gasteiger partial charge in [0.15, 0.2) is 6.29 Å². The first-order chi connectivity index (χ1) is 31.2. The van der Waals surface area contributed by atoms with E-state index in [1.165, 1.54) is 161 Å². The first-order valence-electron chi connectivity index (χ1n) is 27.1. The van der Waals surface area contributed by atoms with Crippen molar-refractivity contribution in [1.29, 1.82) is 0 Å². The van der Waals surface area contributed by atoms with Gasteiger partial charge < -0.3 is 50.5 Å². The van der Waals surface area contributed by atoms with Crippen molar-refractivity contribution in [3.63, 3.8) is 0 Å². The second kappa shape index (κ2) is 43.2. The highest BCUT2D eigenvalue weighted by Gasteiger charge is 2.44. The molecule has 0 aliphatic carbocycles. The van der Waals surface area contributed by atoms with Crippen molar-refractivity contribution in [2.24, 2.45) is 0 Å². The smallest absolute Gasteiger partial charge is 0.249 e. The molecule has 0 radical (unpaired) electrons. The number of hydrogen-bond donors (Lipinski definition) is 8. The molecule has 1 heterocycles. The monoisotopic (exact) mass is 914 g/mol. The molecule has 11 nitrogen and oxygen atoms in total. The van der Waals surface area contributed by atoms with E-state index in [-0.39, 0.29) is 6.42 Å². The molecule has 9 unspecified atom stereocenters. The minimum absolute atomic E-state index is 0.248. The van der Waals surface area contributed by atoms with Crippen LogP contribution < -0.4 is 5.32 Å². The van der Waals surface area contributed by atoms with Crippen molar-refractivity contribution in [3.8, 4) is 0 Å². The number of amides is 1. The van der Waals surface area contributed by atoms with Crippen molar-refractivity contribution >= 4 is 5.91 Å². The summed E-state index contributed by atoms with van der Waals surface area (Å²) < 4.78 is 11.1. The van der Waals surface area contributed by atoms with Gasteiger partial charge in [0.05, 0.1) is 25.4 Å². The number of ether oxygens (including phenoxy) is 2. The van der Waals surface area contributed by atoms with Crippen LogP contribution in [0.3, 0.4) is 0 Å². The van der Waals surface area contributed by atoms with Gasteiger partial charge in [-0.05, 0) is 38.5 Å². The van der Waals surface area contributed by atoms with Gasteiger partial charge in [0.1, 0.15) is 36.6 Å². The maximum absolute atomic E-state index is 13.1. The average molecular weight is 914 g/mol. The normalized spacial score (nSPS) is 21.0. The molecule has 8 N–H and O–H groups in total. The van der Waals surface area contributed by atoms with Crippen molar-refractivity contribution in [1.82, 2.24) is 5.32 Å². The van der Waals surface area contributed by atoms with E-state index >= 15 is 0 Å². The van der Waals surface area contributed by atoms with Crippen LogP contribution >= 0.6 is 0 Å². The van der Waals surface area contributed by atoms with Crippen molar-refractivity contribution in [3.05, 3.63) is 12.2 Å². The molecule has 0 bridgehead atoms. The van der Waals surface area contributed by atoms with Gasteiger partial charge in [-0.1, -0.05) is 225 Å². The minimum Gasteiger partial charge on any atom is -0.394 e. The van der Waals surface area contributed by atoms with Gasteiger partial charge in [-0.3, -0.25) is 4.79 Å². The number of nitrogens with one attached hydrogen (secondary N) is 1. The minimum atomic E-state index is -1.66. The number of aliphatic hydroxyl groups excluding tert-OH is 7. The maximum atomic E-state index is 13.1. The Kier molecular flexibility index (Phi) is 41.0. The van der Waals surface area contributed by atoms with Crippen LogP contribution in [0.2, 0.25) is 0 Å². The number of aliphatic hydroxyl groups is 7. The summed E-state index contributed by atoms with van der Waals surface area (Å²) in [6, 6.07) is -1.17. The highest BCUT2D eigenvalue weighted by Crippen LogP contribution is 2.23. The summed E-state index contributed by atoms with van der Waals surface area (Å²) in [6.45, 7) is 3.46. The average Bonchev–Trinajstić information content (AvgIpc) is 3.29. The van der Waals surface area contributed by atoms with Gasteiger partial charge >= 0.3 is 0 Å². The highest BCUT2D eigenvalue weighted by atomic mass is 16.7. The first-order valence-corrected chi connectivity index (χ1v) is 27.1. The van der Waals surface area contributed by atoms with Crippen molar-refractivity contribution < 1.29 is 50.0 Å². The predicted octanol–water partition coefficient (Wildman–Crippen LogP) is 10.4. The zero-order valence-electron chi connectivity index (χ0n) is 41.3. The zero-order chi connectivity index (χ0) is 46.9. The molecule has 1 aliphatic rings. The second-order valence-electron chi connectivity index (χ2n) is 19.3. The highest BCUT2D eigenvalue weighted by molar-refractivity contribution is 5.80. The number of carbonyl (C=O) groups excluding carboxylic acids is 1. The van der Waals surface area contributed by atoms with Gasteiger partial charge in [-0.2, -0.15) is 0 Å². The molecule has 64 heavy (non-hydrogen) atoms. The van der Waals surface area contributed by atoms with Crippen LogP contribution in [0.4, 0.5) is 0 Å². The van der Waals surface area contributed by atoms with E-state index in [0.717, 1.165) is 51.4 Å². The van der Waals surface area contributed by atoms with Crippen molar-refractivity contribution in [2.45, 2.75) is 306 Å². The molecule has 0 aromatic carbocycles. The Morgan fingerprint density at radius 2 is 0.906 bits per heavy atom. The second-order valence-corrected chi connectivity index (χ2v) is 19.3. The Labute approximate surface area is 392 Å². The lowest BCUT2D eigenvalue weighted by Crippen LogP contribution is -2.60. The van der Waals surface area contributed by atoms with Gasteiger partial charge in [-0.25, -0.2) is 0 Å². The van der Waals surface area contributed by atoms with E-state index in [9.17, 15) is 40.5 Å². The van der Waals surface area contributed by atoms with E-state index in [2.05, 4.69) is 31.3 Å². The summed E-state index contributed by atoms with van der Waals surface area (Å²) in [7, 11) is 0. The fourth-order valence-corrected chi connectivity index (χ4v) is 8.85. The Morgan fingerprint density at radius 3 is 1.31 bits per heavy atom. The van der Waals surface area contributed by atoms with Crippen LogP contribution in [-0.2, 0) is 14.3 Å². The Balaban J connectivity index is 2.35. The third-order valence-electron chi connectivity index (χ3n) is 13.3. The molecule has 0 aromatic rings. The molecule has 1 rings (SSSR count). The van der Waals surface area contributed by atoms with E-state index < -0.39 is 74.2 Å². The standard InChI is InChI=1S/C53H103NO10/c1-3-5-7-9-11-13-15-17-19-20-21-22-23-24-25-27-28-30-32-34-36-38-40-45(56)48(58)44(43-63-53-51(61)50(60)49(59)47(42-55)64-53)54-52(62)46(57)41-39-37-35-33-31-29-26-18-16-14-12-10-8-6-4-2/h26,29,44-51,53,55-61H,3-25,27-28,30-43H2,1-2H3,(H,54,62)/b29-26-. The Morgan fingerprint density at radius 1 is 0.531 bits per heavy atom. The Bertz CT molecular complexity index is 1050. The molecule has 0 spiro atoms. The van der Waals surface area contributed by atoms with Crippen LogP contribution in [0, 0.1) is 0 Å². The van der Waals surface area contributed by atoms with Crippen molar-refractivity contribution in [2.75, 3.05) is 13.2 Å². The van der Waals surface area contributed by atoms with E-state index in [0.29, 0.717) is 19.3 Å². The number of rotatable bonds is 46. The molecule has 11 heteroatoms. The summed E-state index contributed by atoms with van der Waals surface area (Å²) in [5.41, 5.74) is 0. The van der Waals surface area contributed by atoms with Crippen LogP contribution in [0.1, 0.15) is 251 Å². The summed E-state index contributed by atoms with van der Waals surface area (Å²) in [5.74, 6) is -0.703. The molecule has 1 saturated heterocycles. The molecule has 1 fully saturated rings. The fourth-order valence-electron chi connectivity index (χ4n) is 8.85. The first kappa shape index (κ1) is 60.9. The molecular formula is C53H103NO10. The Hall–Kier alpha value is -1.15. The van der Waals surface area contributed by atoms with E-state index in [1.54, 1.807) is 0 Å². The quantitative estimate of drug-likeness (QED) is 0.0216. The number of unbranched alkanes of at least 4 members (excludes halogenated alkanes) is 32. The summed E-state index contributed by atoms with van der Waals surface area (Å²) >= 11 is 0. The fraction of sp³-hybridized carbons (Fsp3) is 0.943. The molecule has 0 aromatic heterocycles. The lowest BCUT2D eigenvalue weighted by atomic mass is 9.98. The van der Waals surface area contributed by atoms with Gasteiger partial charge in [0, 0.05) is 0 Å². The lowest BCUT2D eigenvalue weighted by Gasteiger charge is -2.40. The largest absolute Gasteiger partial charge is 0.394 e. The number of carbonyl (C=O) groups is 1. The summed E-state index contributed by atoms with van der Waals surface area (Å²) in [6.07, 6.45) is 36.9. The van der Waals surface area contributed by atoms with Crippen LogP contribution in [0.5, 0.6) is 0 Å². The van der Waals surface area contributed by atoms with E-state index in [4.69, 9.17) is 9.47 Å². The molecule has 0 saturated carbocycles. The van der Waals surface area contributed by atoms with Gasteiger partial charge in [-0.15, -0.1) is 0 Å². The topological polar surface area (TPSA) is 189 Å². The predicted molar refractivity (Wildman–Crippen MR) is 261 cm³/mol. The molecule has 9 atom stereocenters. The SMILES string of the molecule is CCCCCCCCC/C=C\CCCCCCC(O)C(=O)NC(COC1OC(CO)C(O)C(O)C1O)C(O)C(O)CCCCCCCCCCCCCCCCCCCCCCCC. The zero-order valence-corrected chi connectivity index (χ0v) is 41.3. The molecule has 1 amide bonds. The maximum Gasteiger partial charge on any atom is 0.249 e. The number of hydrogen-bond acceptors (Lipinski definition) is 10. The van der Waals surface area contributed by atoms with Gasteiger partial charge in [0.25, 0.3) is 0 Å². The third-order valence-corrected chi connectivity index (χ3v) is 13.3. The molecule has 1 aliphatic heterocycles. The van der Waals surface area contributed by atoms with Crippen LogP contribution in [0.15, 0.2) is 12.2 Å². The van der Waals surface area contributed by atoms with Gasteiger partial charge in [0.2, 0.25) is 5.91 Å². The molecular weight excluding hydrogens is 811 g/mol. The summed E-state index contributed by atoms with van der Waals surface area (Å²) in [4.78, 5) is 13.1. The third kappa shape index (κ3) is 31.8.